The lowest BCUT2D eigenvalue weighted by atomic mass is 9.96. The number of nitrogens with one attached hydrogen (secondary N) is 1. The van der Waals surface area contributed by atoms with Crippen molar-refractivity contribution in [3.05, 3.63) is 28.1 Å². The highest BCUT2D eigenvalue weighted by Crippen LogP contribution is 2.18. The van der Waals surface area contributed by atoms with E-state index in [1.165, 1.54) is 12.3 Å². The van der Waals surface area contributed by atoms with Crippen molar-refractivity contribution in [2.45, 2.75) is 19.4 Å². The number of carbonyl (C=O) groups is 1. The number of aliphatic hydroxyl groups excluding tert-OH is 1. The van der Waals surface area contributed by atoms with Crippen LogP contribution in [0.25, 0.3) is 0 Å². The Balaban J connectivity index is 1.95. The molecule has 1 aliphatic heterocycles. The number of nitro groups is 1. The van der Waals surface area contributed by atoms with Gasteiger partial charge in [-0.05, 0) is 18.9 Å². The van der Waals surface area contributed by atoms with Gasteiger partial charge in [-0.15, -0.1) is 0 Å². The molecule has 0 aromatic carbocycles. The minimum atomic E-state index is -0.542. The Bertz CT molecular complexity index is 485. The molecular formula is C12H17N3O4. The lowest BCUT2D eigenvalue weighted by Crippen LogP contribution is -2.44. The number of Topliss-reactive ketones (excluding diaryl/α,β-unsaturated/α-hetero) is 1. The van der Waals surface area contributed by atoms with Crippen LogP contribution in [0, 0.1) is 16.0 Å². The van der Waals surface area contributed by atoms with Gasteiger partial charge < -0.3 is 10.1 Å². The second-order valence-electron chi connectivity index (χ2n) is 5.02. The zero-order valence-corrected chi connectivity index (χ0v) is 10.7. The Labute approximate surface area is 110 Å². The van der Waals surface area contributed by atoms with Crippen molar-refractivity contribution in [1.29, 1.82) is 0 Å². The maximum Gasteiger partial charge on any atom is 0.287 e. The van der Waals surface area contributed by atoms with Crippen LogP contribution in [0.1, 0.15) is 23.8 Å². The third-order valence-electron chi connectivity index (χ3n) is 3.55. The minimum absolute atomic E-state index is 0.115. The molecule has 0 amide bonds. The van der Waals surface area contributed by atoms with Crippen LogP contribution in [0.4, 0.5) is 5.69 Å². The number of piperidine rings is 1. The van der Waals surface area contributed by atoms with E-state index in [-0.39, 0.29) is 29.6 Å². The average Bonchev–Trinajstić information content (AvgIpc) is 2.83. The summed E-state index contributed by atoms with van der Waals surface area (Å²) in [7, 11) is 0. The number of hydrogen-bond acceptors (Lipinski definition) is 5. The second kappa shape index (κ2) is 5.50. The minimum Gasteiger partial charge on any atom is -0.392 e. The Kier molecular flexibility index (Phi) is 3.96. The maximum atomic E-state index is 12.0. The summed E-state index contributed by atoms with van der Waals surface area (Å²) in [5, 5.41) is 20.3. The first-order chi connectivity index (χ1) is 8.97. The second-order valence-corrected chi connectivity index (χ2v) is 5.02. The molecule has 7 heteroatoms. The number of rotatable bonds is 4. The Morgan fingerprint density at radius 3 is 3.00 bits per heavy atom. The van der Waals surface area contributed by atoms with Gasteiger partial charge in [0.25, 0.3) is 5.69 Å². The first-order valence-electron chi connectivity index (χ1n) is 6.24. The number of likely N-dealkylation sites (tertiary alicyclic amines) is 1. The van der Waals surface area contributed by atoms with Crippen LogP contribution in [-0.4, -0.2) is 51.4 Å². The van der Waals surface area contributed by atoms with E-state index in [4.69, 9.17) is 0 Å². The highest BCUT2D eigenvalue weighted by Gasteiger charge is 2.26. The van der Waals surface area contributed by atoms with Gasteiger partial charge in [0.15, 0.2) is 5.78 Å². The number of aromatic nitrogens is 1. The summed E-state index contributed by atoms with van der Waals surface area (Å²) in [6.45, 7) is 3.38. The van der Waals surface area contributed by atoms with Crippen molar-refractivity contribution < 1.29 is 14.8 Å². The van der Waals surface area contributed by atoms with Gasteiger partial charge in [-0.2, -0.15) is 0 Å². The highest BCUT2D eigenvalue weighted by molar-refractivity contribution is 5.96. The van der Waals surface area contributed by atoms with Crippen LogP contribution >= 0.6 is 0 Å². The molecule has 0 saturated carbocycles. The quantitative estimate of drug-likeness (QED) is 0.477. The summed E-state index contributed by atoms with van der Waals surface area (Å²) >= 11 is 0. The summed E-state index contributed by atoms with van der Waals surface area (Å²) in [6, 6.07) is 1.24. The zero-order valence-electron chi connectivity index (χ0n) is 10.7. The van der Waals surface area contributed by atoms with Crippen LogP contribution < -0.4 is 0 Å². The third kappa shape index (κ3) is 3.18. The zero-order chi connectivity index (χ0) is 14.0. The molecule has 2 N–H and O–H groups in total. The van der Waals surface area contributed by atoms with Gasteiger partial charge in [-0.25, -0.2) is 0 Å². The number of H-pyrrole nitrogens is 1. The molecule has 1 saturated heterocycles. The predicted octanol–water partition coefficient (Wildman–Crippen LogP) is 0.808. The molecule has 1 fully saturated rings. The van der Waals surface area contributed by atoms with E-state index in [9.17, 15) is 20.0 Å². The number of β-amino-alcohol motifs (C(OH)–C–C–N with tert-alkyl or cyclic N) is 1. The number of nitrogens with zero attached hydrogens (tertiary/aromatic N) is 2. The summed E-state index contributed by atoms with van der Waals surface area (Å²) in [5.74, 6) is 0.0489. The maximum absolute atomic E-state index is 12.0. The smallest absolute Gasteiger partial charge is 0.287 e. The fourth-order valence-electron chi connectivity index (χ4n) is 2.20. The van der Waals surface area contributed by atoms with Crippen molar-refractivity contribution >= 4 is 11.5 Å². The van der Waals surface area contributed by atoms with E-state index in [0.29, 0.717) is 6.54 Å². The fourth-order valence-corrected chi connectivity index (χ4v) is 2.20. The van der Waals surface area contributed by atoms with Gasteiger partial charge >= 0.3 is 0 Å². The monoisotopic (exact) mass is 267 g/mol. The first kappa shape index (κ1) is 13.7. The van der Waals surface area contributed by atoms with Gasteiger partial charge in [0, 0.05) is 12.6 Å². The van der Waals surface area contributed by atoms with Gasteiger partial charge in [-0.1, -0.05) is 6.92 Å². The van der Waals surface area contributed by atoms with Crippen molar-refractivity contribution in [3.8, 4) is 0 Å². The molecule has 1 aromatic rings. The molecule has 2 heterocycles. The third-order valence-corrected chi connectivity index (χ3v) is 3.55. The molecule has 1 aromatic heterocycles. The van der Waals surface area contributed by atoms with Crippen molar-refractivity contribution in [2.24, 2.45) is 5.92 Å². The average molecular weight is 267 g/mol. The molecular weight excluding hydrogens is 250 g/mol. The van der Waals surface area contributed by atoms with E-state index in [2.05, 4.69) is 4.98 Å². The largest absolute Gasteiger partial charge is 0.392 e. The normalized spacial score (nSPS) is 24.3. The van der Waals surface area contributed by atoms with Gasteiger partial charge in [0.05, 0.1) is 29.5 Å². The molecule has 2 unspecified atom stereocenters. The molecule has 1 aliphatic rings. The molecule has 0 spiro atoms. The van der Waals surface area contributed by atoms with Gasteiger partial charge in [-0.3, -0.25) is 19.8 Å². The van der Waals surface area contributed by atoms with Crippen LogP contribution in [0.2, 0.25) is 0 Å². The van der Waals surface area contributed by atoms with E-state index in [1.807, 2.05) is 11.8 Å². The molecule has 19 heavy (non-hydrogen) atoms. The fraction of sp³-hybridized carbons (Fsp3) is 0.583. The van der Waals surface area contributed by atoms with Gasteiger partial charge in [0.1, 0.15) is 0 Å². The van der Waals surface area contributed by atoms with Crippen LogP contribution in [0.3, 0.4) is 0 Å². The predicted molar refractivity (Wildman–Crippen MR) is 68.0 cm³/mol. The molecule has 0 aliphatic carbocycles. The lowest BCUT2D eigenvalue weighted by Gasteiger charge is -2.33. The van der Waals surface area contributed by atoms with Crippen molar-refractivity contribution in [3.63, 3.8) is 0 Å². The molecule has 2 atom stereocenters. The first-order valence-corrected chi connectivity index (χ1v) is 6.24. The summed E-state index contributed by atoms with van der Waals surface area (Å²) in [6.07, 6.45) is 1.64. The van der Waals surface area contributed by atoms with Crippen LogP contribution in [-0.2, 0) is 0 Å². The molecule has 2 rings (SSSR count). The molecule has 0 bridgehead atoms. The number of hydrogen-bond donors (Lipinski definition) is 2. The van der Waals surface area contributed by atoms with Crippen molar-refractivity contribution in [2.75, 3.05) is 19.6 Å². The van der Waals surface area contributed by atoms with Gasteiger partial charge in [0.2, 0.25) is 0 Å². The SMILES string of the molecule is CC1CCN(CC(=O)c2cc([N+](=O)[O-])c[nH]2)CC1O. The summed E-state index contributed by atoms with van der Waals surface area (Å²) in [5.41, 5.74) is 0.121. The number of aliphatic hydroxyl groups is 1. The Morgan fingerprint density at radius 2 is 2.42 bits per heavy atom. The van der Waals surface area contributed by atoms with E-state index >= 15 is 0 Å². The number of aromatic amines is 1. The topological polar surface area (TPSA) is 99.5 Å². The lowest BCUT2D eigenvalue weighted by molar-refractivity contribution is -0.384. The van der Waals surface area contributed by atoms with Crippen LogP contribution in [0.5, 0.6) is 0 Å². The molecule has 104 valence electrons. The number of ketones is 1. The van der Waals surface area contributed by atoms with E-state index in [1.54, 1.807) is 0 Å². The van der Waals surface area contributed by atoms with E-state index < -0.39 is 11.0 Å². The summed E-state index contributed by atoms with van der Waals surface area (Å²) < 4.78 is 0. The Hall–Kier alpha value is -1.73. The number of carbonyl (C=O) groups excluding carboxylic acids is 1. The molecule has 0 radical (unpaired) electrons. The highest BCUT2D eigenvalue weighted by atomic mass is 16.6. The van der Waals surface area contributed by atoms with E-state index in [0.717, 1.165) is 13.0 Å². The standard InChI is InChI=1S/C12H17N3O4/c1-8-2-3-14(6-11(8)16)7-12(17)10-4-9(5-13-10)15(18)19/h4-5,8,11,13,16H,2-3,6-7H2,1H3. The summed E-state index contributed by atoms with van der Waals surface area (Å²) in [4.78, 5) is 26.4. The van der Waals surface area contributed by atoms with Crippen molar-refractivity contribution in [1.82, 2.24) is 9.88 Å². The molecule has 7 nitrogen and oxygen atoms in total. The van der Waals surface area contributed by atoms with Crippen LogP contribution in [0.15, 0.2) is 12.3 Å². The Morgan fingerprint density at radius 1 is 1.68 bits per heavy atom.